The van der Waals surface area contributed by atoms with Gasteiger partial charge in [-0.25, -0.2) is 0 Å². The molecule has 3 rings (SSSR count). The Morgan fingerprint density at radius 2 is 2.14 bits per heavy atom. The van der Waals surface area contributed by atoms with Crippen molar-refractivity contribution in [3.8, 4) is 0 Å². The Morgan fingerprint density at radius 1 is 1.38 bits per heavy atom. The maximum absolute atomic E-state index is 12.4. The average molecular weight is 286 g/mol. The zero-order valence-electron chi connectivity index (χ0n) is 12.7. The first-order valence-corrected chi connectivity index (χ1v) is 7.79. The molecule has 1 atom stereocenters. The highest BCUT2D eigenvalue weighted by atomic mass is 16.2. The molecule has 4 heteroatoms. The highest BCUT2D eigenvalue weighted by molar-refractivity contribution is 6.01. The van der Waals surface area contributed by atoms with Crippen molar-refractivity contribution in [3.05, 3.63) is 29.3 Å². The summed E-state index contributed by atoms with van der Waals surface area (Å²) >= 11 is 0. The maximum atomic E-state index is 12.4. The molecule has 1 aromatic carbocycles. The van der Waals surface area contributed by atoms with E-state index in [4.69, 9.17) is 0 Å². The van der Waals surface area contributed by atoms with Gasteiger partial charge in [-0.2, -0.15) is 0 Å². The van der Waals surface area contributed by atoms with Crippen LogP contribution in [0.2, 0.25) is 0 Å². The summed E-state index contributed by atoms with van der Waals surface area (Å²) in [4.78, 5) is 26.3. The zero-order valence-corrected chi connectivity index (χ0v) is 12.7. The number of nitrogens with zero attached hydrogens (tertiary/aromatic N) is 1. The van der Waals surface area contributed by atoms with E-state index >= 15 is 0 Å². The van der Waals surface area contributed by atoms with E-state index in [1.807, 2.05) is 24.0 Å². The van der Waals surface area contributed by atoms with Crippen molar-refractivity contribution < 1.29 is 9.59 Å². The molecule has 0 radical (unpaired) electrons. The van der Waals surface area contributed by atoms with Crippen LogP contribution in [0.4, 0.5) is 5.69 Å². The lowest BCUT2D eigenvalue weighted by Crippen LogP contribution is -2.34. The van der Waals surface area contributed by atoms with Crippen molar-refractivity contribution >= 4 is 17.5 Å². The minimum absolute atomic E-state index is 0.0417. The maximum Gasteiger partial charge on any atom is 0.227 e. The summed E-state index contributed by atoms with van der Waals surface area (Å²) in [6.07, 6.45) is 3.37. The van der Waals surface area contributed by atoms with E-state index in [2.05, 4.69) is 18.3 Å². The number of carbonyl (C=O) groups excluding carboxylic acids is 2. The number of benzene rings is 1. The third kappa shape index (κ3) is 2.80. The number of amides is 2. The summed E-state index contributed by atoms with van der Waals surface area (Å²) in [6.45, 7) is 4.63. The first-order chi connectivity index (χ1) is 10.1. The van der Waals surface area contributed by atoms with Gasteiger partial charge in [0, 0.05) is 24.7 Å². The van der Waals surface area contributed by atoms with Crippen molar-refractivity contribution in [1.29, 1.82) is 0 Å². The molecule has 2 aliphatic rings. The molecule has 1 aromatic rings. The molecule has 1 unspecified atom stereocenters. The van der Waals surface area contributed by atoms with Gasteiger partial charge in [0.15, 0.2) is 0 Å². The summed E-state index contributed by atoms with van der Waals surface area (Å²) in [5, 5.41) is 3.01. The molecule has 1 saturated heterocycles. The molecule has 0 aromatic heterocycles. The fourth-order valence-corrected chi connectivity index (χ4v) is 3.04. The van der Waals surface area contributed by atoms with Crippen LogP contribution in [0.3, 0.4) is 0 Å². The van der Waals surface area contributed by atoms with Gasteiger partial charge in [0.2, 0.25) is 11.8 Å². The van der Waals surface area contributed by atoms with Crippen LogP contribution in [0.25, 0.3) is 0 Å². The van der Waals surface area contributed by atoms with Crippen LogP contribution >= 0.6 is 0 Å². The highest BCUT2D eigenvalue weighted by Crippen LogP contribution is 2.32. The van der Waals surface area contributed by atoms with Crippen molar-refractivity contribution in [2.45, 2.75) is 45.6 Å². The van der Waals surface area contributed by atoms with Gasteiger partial charge in [0.1, 0.15) is 0 Å². The molecule has 1 aliphatic carbocycles. The van der Waals surface area contributed by atoms with Gasteiger partial charge in [-0.15, -0.1) is 0 Å². The van der Waals surface area contributed by atoms with Crippen molar-refractivity contribution in [2.24, 2.45) is 5.92 Å². The lowest BCUT2D eigenvalue weighted by Gasteiger charge is -2.22. The molecular weight excluding hydrogens is 264 g/mol. The second kappa shape index (κ2) is 5.51. The molecule has 21 heavy (non-hydrogen) atoms. The van der Waals surface area contributed by atoms with Gasteiger partial charge in [-0.3, -0.25) is 9.59 Å². The number of hydrogen-bond acceptors (Lipinski definition) is 2. The Hall–Kier alpha value is -1.84. The number of carbonyl (C=O) groups is 2. The second-order valence-electron chi connectivity index (χ2n) is 6.12. The van der Waals surface area contributed by atoms with E-state index in [1.165, 1.54) is 5.56 Å². The predicted molar refractivity (Wildman–Crippen MR) is 82.2 cm³/mol. The Balaban J connectivity index is 1.80. The smallest absolute Gasteiger partial charge is 0.227 e. The Morgan fingerprint density at radius 3 is 2.81 bits per heavy atom. The number of anilines is 1. The molecule has 1 N–H and O–H groups in total. The van der Waals surface area contributed by atoms with Crippen LogP contribution in [0.15, 0.2) is 18.2 Å². The van der Waals surface area contributed by atoms with Crippen molar-refractivity contribution in [2.75, 3.05) is 11.4 Å². The molecule has 1 heterocycles. The zero-order chi connectivity index (χ0) is 15.0. The van der Waals surface area contributed by atoms with E-state index in [-0.39, 0.29) is 17.7 Å². The Labute approximate surface area is 125 Å². The summed E-state index contributed by atoms with van der Waals surface area (Å²) in [7, 11) is 0. The average Bonchev–Trinajstić information content (AvgIpc) is 3.19. The number of rotatable bonds is 4. The van der Waals surface area contributed by atoms with Gasteiger partial charge in [-0.1, -0.05) is 25.1 Å². The quantitative estimate of drug-likeness (QED) is 0.922. The predicted octanol–water partition coefficient (Wildman–Crippen LogP) is 2.19. The second-order valence-corrected chi connectivity index (χ2v) is 6.12. The van der Waals surface area contributed by atoms with Gasteiger partial charge >= 0.3 is 0 Å². The van der Waals surface area contributed by atoms with E-state index in [1.54, 1.807) is 0 Å². The first kappa shape index (κ1) is 14.1. The van der Waals surface area contributed by atoms with Gasteiger partial charge in [0.25, 0.3) is 0 Å². The minimum Gasteiger partial charge on any atom is -0.353 e. The van der Waals surface area contributed by atoms with Crippen molar-refractivity contribution in [3.63, 3.8) is 0 Å². The standard InChI is InChI=1S/C17H22N2O2/c1-3-12-6-4-5-11(2)16(12)19-10-13(9-15(19)20)17(21)18-14-7-8-14/h4-6,13-14H,3,7-10H2,1-2H3,(H,18,21). The molecule has 4 nitrogen and oxygen atoms in total. The summed E-state index contributed by atoms with van der Waals surface area (Å²) in [5.74, 6) is -0.0997. The summed E-state index contributed by atoms with van der Waals surface area (Å²) in [5.41, 5.74) is 3.28. The van der Waals surface area contributed by atoms with Gasteiger partial charge < -0.3 is 10.2 Å². The molecule has 1 aliphatic heterocycles. The summed E-state index contributed by atoms with van der Waals surface area (Å²) in [6, 6.07) is 6.47. The number of aryl methyl sites for hydroxylation is 2. The van der Waals surface area contributed by atoms with E-state index < -0.39 is 0 Å². The monoisotopic (exact) mass is 286 g/mol. The fourth-order valence-electron chi connectivity index (χ4n) is 3.04. The lowest BCUT2D eigenvalue weighted by atomic mass is 10.0. The molecule has 2 fully saturated rings. The van der Waals surface area contributed by atoms with Gasteiger partial charge in [0.05, 0.1) is 5.92 Å². The largest absolute Gasteiger partial charge is 0.353 e. The molecule has 1 saturated carbocycles. The van der Waals surface area contributed by atoms with Crippen molar-refractivity contribution in [1.82, 2.24) is 5.32 Å². The minimum atomic E-state index is -0.206. The summed E-state index contributed by atoms with van der Waals surface area (Å²) < 4.78 is 0. The van der Waals surface area contributed by atoms with Crippen LogP contribution in [0.1, 0.15) is 37.3 Å². The molecule has 2 amide bonds. The van der Waals surface area contributed by atoms with Crippen LogP contribution in [0.5, 0.6) is 0 Å². The highest BCUT2D eigenvalue weighted by Gasteiger charge is 2.38. The van der Waals surface area contributed by atoms with E-state index in [0.717, 1.165) is 30.5 Å². The third-order valence-electron chi connectivity index (χ3n) is 4.39. The first-order valence-electron chi connectivity index (χ1n) is 7.79. The SMILES string of the molecule is CCc1cccc(C)c1N1CC(C(=O)NC2CC2)CC1=O. The molecular formula is C17H22N2O2. The van der Waals surface area contributed by atoms with Gasteiger partial charge in [-0.05, 0) is 37.3 Å². The van der Waals surface area contributed by atoms with Crippen LogP contribution in [0, 0.1) is 12.8 Å². The third-order valence-corrected chi connectivity index (χ3v) is 4.39. The lowest BCUT2D eigenvalue weighted by molar-refractivity contribution is -0.126. The number of para-hydroxylation sites is 1. The normalized spacial score (nSPS) is 21.7. The van der Waals surface area contributed by atoms with Crippen LogP contribution in [-0.2, 0) is 16.0 Å². The van der Waals surface area contributed by atoms with Crippen LogP contribution in [-0.4, -0.2) is 24.4 Å². The molecule has 0 bridgehead atoms. The topological polar surface area (TPSA) is 49.4 Å². The number of nitrogens with one attached hydrogen (secondary N) is 1. The number of hydrogen-bond donors (Lipinski definition) is 1. The Kier molecular flexibility index (Phi) is 3.70. The Bertz CT molecular complexity index is 578. The van der Waals surface area contributed by atoms with E-state index in [0.29, 0.717) is 19.0 Å². The van der Waals surface area contributed by atoms with E-state index in [9.17, 15) is 9.59 Å². The molecule has 112 valence electrons. The molecule has 0 spiro atoms. The fraction of sp³-hybridized carbons (Fsp3) is 0.529. The van der Waals surface area contributed by atoms with Crippen LogP contribution < -0.4 is 10.2 Å².